The Kier molecular flexibility index (Phi) is 4.07. The van der Waals surface area contributed by atoms with Gasteiger partial charge in [0.1, 0.15) is 5.82 Å². The molecule has 1 heterocycles. The first-order valence-electron chi connectivity index (χ1n) is 5.40. The first-order valence-corrected chi connectivity index (χ1v) is 7.59. The Balaban J connectivity index is 2.36. The highest BCUT2D eigenvalue weighted by molar-refractivity contribution is 9.10. The van der Waals surface area contributed by atoms with E-state index in [0.717, 1.165) is 18.2 Å². The van der Waals surface area contributed by atoms with E-state index in [0.29, 0.717) is 16.7 Å². The molecule has 6 heteroatoms. The first kappa shape index (κ1) is 13.5. The summed E-state index contributed by atoms with van der Waals surface area (Å²) in [6, 6.07) is 2.39. The van der Waals surface area contributed by atoms with Gasteiger partial charge in [0.15, 0.2) is 0 Å². The summed E-state index contributed by atoms with van der Waals surface area (Å²) in [5, 5.41) is 0. The number of benzene rings is 1. The summed E-state index contributed by atoms with van der Waals surface area (Å²) in [6.07, 6.45) is 2.78. The predicted octanol–water partition coefficient (Wildman–Crippen LogP) is 2.87. The van der Waals surface area contributed by atoms with Crippen LogP contribution in [0.1, 0.15) is 16.8 Å². The number of hydrogen-bond donors (Lipinski definition) is 0. The van der Waals surface area contributed by atoms with Crippen molar-refractivity contribution in [3.63, 3.8) is 0 Å². The van der Waals surface area contributed by atoms with Crippen LogP contribution in [0.2, 0.25) is 0 Å². The number of fused-ring (bicyclic) bond motifs is 1. The maximum Gasteiger partial charge on any atom is 0.299 e. The zero-order valence-corrected chi connectivity index (χ0v) is 12.1. The summed E-state index contributed by atoms with van der Waals surface area (Å²) in [7, 11) is 0. The molecule has 0 bridgehead atoms. The average Bonchev–Trinajstić information content (AvgIpc) is 2.55. The van der Waals surface area contributed by atoms with E-state index in [-0.39, 0.29) is 5.56 Å². The molecule has 1 amide bonds. The highest BCUT2D eigenvalue weighted by Crippen LogP contribution is 2.36. The van der Waals surface area contributed by atoms with E-state index < -0.39 is 17.5 Å². The minimum absolute atomic E-state index is 0.149. The van der Waals surface area contributed by atoms with Crippen molar-refractivity contribution in [2.24, 2.45) is 0 Å². The minimum Gasteiger partial charge on any atom is -0.304 e. The summed E-state index contributed by atoms with van der Waals surface area (Å²) >= 11 is 4.89. The summed E-state index contributed by atoms with van der Waals surface area (Å²) in [4.78, 5) is 25.0. The maximum atomic E-state index is 13.2. The highest BCUT2D eigenvalue weighted by atomic mass is 79.9. The first-order chi connectivity index (χ1) is 8.56. The third kappa shape index (κ3) is 2.31. The van der Waals surface area contributed by atoms with Gasteiger partial charge in [-0.3, -0.25) is 9.59 Å². The SMILES string of the molecule is CSCCCN1C(=O)C(=O)c2cc(F)cc(Br)c21. The Hall–Kier alpha value is -0.880. The van der Waals surface area contributed by atoms with E-state index in [1.807, 2.05) is 6.26 Å². The van der Waals surface area contributed by atoms with Crippen LogP contribution in [-0.4, -0.2) is 30.2 Å². The van der Waals surface area contributed by atoms with Gasteiger partial charge in [-0.25, -0.2) is 4.39 Å². The van der Waals surface area contributed by atoms with Crippen molar-refractivity contribution >= 4 is 45.1 Å². The fraction of sp³-hybridized carbons (Fsp3) is 0.333. The van der Waals surface area contributed by atoms with E-state index in [9.17, 15) is 14.0 Å². The Morgan fingerprint density at radius 2 is 2.11 bits per heavy atom. The lowest BCUT2D eigenvalue weighted by molar-refractivity contribution is -0.114. The number of thioether (sulfide) groups is 1. The van der Waals surface area contributed by atoms with Gasteiger partial charge in [0.2, 0.25) is 0 Å². The Morgan fingerprint density at radius 1 is 1.39 bits per heavy atom. The molecule has 1 aliphatic rings. The van der Waals surface area contributed by atoms with Crippen molar-refractivity contribution in [3.05, 3.63) is 28.0 Å². The van der Waals surface area contributed by atoms with E-state index in [1.54, 1.807) is 11.8 Å². The van der Waals surface area contributed by atoms with Crippen LogP contribution in [0, 0.1) is 5.82 Å². The molecule has 3 nitrogen and oxygen atoms in total. The topological polar surface area (TPSA) is 37.4 Å². The molecule has 0 atom stereocenters. The zero-order chi connectivity index (χ0) is 13.3. The second-order valence-corrected chi connectivity index (χ2v) is 5.76. The molecule has 0 saturated heterocycles. The van der Waals surface area contributed by atoms with Crippen LogP contribution >= 0.6 is 27.7 Å². The van der Waals surface area contributed by atoms with Crippen LogP contribution in [-0.2, 0) is 4.79 Å². The lowest BCUT2D eigenvalue weighted by Crippen LogP contribution is -2.31. The summed E-state index contributed by atoms with van der Waals surface area (Å²) in [6.45, 7) is 0.475. The van der Waals surface area contributed by atoms with E-state index in [2.05, 4.69) is 15.9 Å². The Morgan fingerprint density at radius 3 is 2.78 bits per heavy atom. The molecule has 0 saturated carbocycles. The lowest BCUT2D eigenvalue weighted by Gasteiger charge is -2.17. The van der Waals surface area contributed by atoms with Gasteiger partial charge in [0.25, 0.3) is 11.7 Å². The molecule has 96 valence electrons. The third-order valence-corrected chi connectivity index (χ3v) is 4.01. The average molecular weight is 332 g/mol. The normalized spacial score (nSPS) is 14.3. The number of carbonyl (C=O) groups is 2. The maximum absolute atomic E-state index is 13.2. The van der Waals surface area contributed by atoms with Crippen LogP contribution < -0.4 is 4.90 Å². The Bertz CT molecular complexity index is 521. The van der Waals surface area contributed by atoms with Gasteiger partial charge in [-0.2, -0.15) is 11.8 Å². The number of hydrogen-bond acceptors (Lipinski definition) is 3. The van der Waals surface area contributed by atoms with Crippen molar-refractivity contribution in [1.29, 1.82) is 0 Å². The van der Waals surface area contributed by atoms with Gasteiger partial charge < -0.3 is 4.90 Å². The van der Waals surface area contributed by atoms with Gasteiger partial charge in [-0.15, -0.1) is 0 Å². The lowest BCUT2D eigenvalue weighted by atomic mass is 10.1. The van der Waals surface area contributed by atoms with Gasteiger partial charge >= 0.3 is 0 Å². The molecule has 1 aromatic rings. The van der Waals surface area contributed by atoms with Crippen molar-refractivity contribution in [2.75, 3.05) is 23.5 Å². The standard InChI is InChI=1S/C12H11BrFNO2S/c1-18-4-2-3-15-10-8(11(16)12(15)17)5-7(14)6-9(10)13/h5-6H,2-4H2,1H3. The van der Waals surface area contributed by atoms with Crippen molar-refractivity contribution in [3.8, 4) is 0 Å². The largest absolute Gasteiger partial charge is 0.304 e. The summed E-state index contributed by atoms with van der Waals surface area (Å²) in [5.41, 5.74) is 0.642. The smallest absolute Gasteiger partial charge is 0.299 e. The van der Waals surface area contributed by atoms with Gasteiger partial charge in [0.05, 0.1) is 11.3 Å². The van der Waals surface area contributed by atoms with Crippen molar-refractivity contribution in [1.82, 2.24) is 0 Å². The fourth-order valence-electron chi connectivity index (χ4n) is 1.93. The summed E-state index contributed by atoms with van der Waals surface area (Å²) in [5.74, 6) is -0.814. The van der Waals surface area contributed by atoms with Crippen LogP contribution in [0.15, 0.2) is 16.6 Å². The van der Waals surface area contributed by atoms with E-state index >= 15 is 0 Å². The van der Waals surface area contributed by atoms with Crippen LogP contribution in [0.3, 0.4) is 0 Å². The molecule has 0 spiro atoms. The van der Waals surface area contributed by atoms with Gasteiger partial charge in [-0.05, 0) is 46.5 Å². The third-order valence-electron chi connectivity index (χ3n) is 2.71. The fourth-order valence-corrected chi connectivity index (χ4v) is 3.00. The van der Waals surface area contributed by atoms with Crippen molar-refractivity contribution in [2.45, 2.75) is 6.42 Å². The molecule has 2 rings (SSSR count). The molecule has 0 N–H and O–H groups in total. The molecule has 0 aromatic heterocycles. The zero-order valence-electron chi connectivity index (χ0n) is 9.70. The molecular formula is C12H11BrFNO2S. The molecule has 0 unspecified atom stereocenters. The van der Waals surface area contributed by atoms with Crippen molar-refractivity contribution < 1.29 is 14.0 Å². The monoisotopic (exact) mass is 331 g/mol. The molecular weight excluding hydrogens is 321 g/mol. The molecule has 18 heavy (non-hydrogen) atoms. The predicted molar refractivity (Wildman–Crippen MR) is 73.8 cm³/mol. The summed E-state index contributed by atoms with van der Waals surface area (Å²) < 4.78 is 13.7. The number of nitrogens with zero attached hydrogens (tertiary/aromatic N) is 1. The number of rotatable bonds is 4. The number of amides is 1. The van der Waals surface area contributed by atoms with Crippen LogP contribution in [0.5, 0.6) is 0 Å². The quantitative estimate of drug-likeness (QED) is 0.629. The molecule has 0 aliphatic carbocycles. The Labute approximate surface area is 117 Å². The molecule has 1 aliphatic heterocycles. The highest BCUT2D eigenvalue weighted by Gasteiger charge is 2.37. The van der Waals surface area contributed by atoms with E-state index in [4.69, 9.17) is 0 Å². The van der Waals surface area contributed by atoms with Crippen LogP contribution in [0.4, 0.5) is 10.1 Å². The molecule has 0 fully saturated rings. The number of carbonyl (C=O) groups excluding carboxylic acids is 2. The number of ketones is 1. The molecule has 0 radical (unpaired) electrons. The molecule has 1 aromatic carbocycles. The van der Waals surface area contributed by atoms with Gasteiger partial charge in [-0.1, -0.05) is 0 Å². The second-order valence-electron chi connectivity index (χ2n) is 3.92. The van der Waals surface area contributed by atoms with Gasteiger partial charge in [0, 0.05) is 11.0 Å². The minimum atomic E-state index is -0.630. The van der Waals surface area contributed by atoms with Crippen LogP contribution in [0.25, 0.3) is 0 Å². The number of Topliss-reactive ketones (excluding diaryl/α,β-unsaturated/α-hetero) is 1. The number of anilines is 1. The number of halogens is 2. The van der Waals surface area contributed by atoms with E-state index in [1.165, 1.54) is 11.0 Å². The second kappa shape index (κ2) is 5.40.